The number of nitrogens with zero attached hydrogens (tertiary/aromatic N) is 1. The van der Waals surface area contributed by atoms with Gasteiger partial charge in [0.05, 0.1) is 10.6 Å². The lowest BCUT2D eigenvalue weighted by atomic mass is 10.2. The number of carbonyl (C=O) groups is 1. The largest absolute Gasteiger partial charge is 0.479 e. The second-order valence-corrected chi connectivity index (χ2v) is 5.38. The third kappa shape index (κ3) is 5.42. The Kier molecular flexibility index (Phi) is 8.11. The summed E-state index contributed by atoms with van der Waals surface area (Å²) in [5.41, 5.74) is 0.285. The van der Waals surface area contributed by atoms with E-state index in [0.29, 0.717) is 11.6 Å². The van der Waals surface area contributed by atoms with E-state index in [4.69, 9.17) is 34.4 Å². The molecule has 0 atom stereocenters. The fraction of sp³-hybridized carbons (Fsp3) is 0.438. The molecule has 0 unspecified atom stereocenters. The van der Waals surface area contributed by atoms with Gasteiger partial charge in [-0.05, 0) is 25.2 Å². The Morgan fingerprint density at radius 2 is 2.05 bits per heavy atom. The zero-order valence-electron chi connectivity index (χ0n) is 12.8. The van der Waals surface area contributed by atoms with E-state index in [0.717, 1.165) is 19.6 Å². The Bertz CT molecular complexity index is 552. The highest BCUT2D eigenvalue weighted by atomic mass is 35.5. The number of nitrogens with one attached hydrogen (secondary N) is 1. The molecule has 0 heterocycles. The highest BCUT2D eigenvalue weighted by molar-refractivity contribution is 6.36. The standard InChI is InChI=1S/C16H20Cl2N2O2/c1-4-9-22-15-13(10-12(17)11-14(15)18)16(21)19-7-8-20(5-2)6-3/h1,10-11H,5-9H2,2-3H3,(H,19,21). The van der Waals surface area contributed by atoms with Gasteiger partial charge in [-0.3, -0.25) is 4.79 Å². The minimum absolute atomic E-state index is 0.0288. The van der Waals surface area contributed by atoms with Crippen LogP contribution in [0.3, 0.4) is 0 Å². The number of carbonyl (C=O) groups excluding carboxylic acids is 1. The quantitative estimate of drug-likeness (QED) is 0.738. The van der Waals surface area contributed by atoms with Crippen LogP contribution >= 0.6 is 23.2 Å². The number of hydrogen-bond donors (Lipinski definition) is 1. The maximum absolute atomic E-state index is 12.3. The minimum Gasteiger partial charge on any atom is -0.479 e. The van der Waals surface area contributed by atoms with Crippen LogP contribution in [-0.4, -0.2) is 43.6 Å². The normalized spacial score (nSPS) is 10.4. The lowest BCUT2D eigenvalue weighted by Crippen LogP contribution is -2.35. The van der Waals surface area contributed by atoms with Gasteiger partial charge in [-0.2, -0.15) is 0 Å². The molecule has 22 heavy (non-hydrogen) atoms. The first-order valence-electron chi connectivity index (χ1n) is 7.09. The first-order valence-corrected chi connectivity index (χ1v) is 7.84. The Labute approximate surface area is 141 Å². The van der Waals surface area contributed by atoms with Crippen LogP contribution < -0.4 is 10.1 Å². The molecule has 0 radical (unpaired) electrons. The lowest BCUT2D eigenvalue weighted by Gasteiger charge is -2.18. The molecular formula is C16H20Cl2N2O2. The average Bonchev–Trinajstić information content (AvgIpc) is 2.50. The van der Waals surface area contributed by atoms with Crippen molar-refractivity contribution in [2.75, 3.05) is 32.8 Å². The van der Waals surface area contributed by atoms with E-state index >= 15 is 0 Å². The van der Waals surface area contributed by atoms with Crippen LogP contribution in [0.2, 0.25) is 10.0 Å². The van der Waals surface area contributed by atoms with Crippen molar-refractivity contribution in [1.82, 2.24) is 10.2 Å². The predicted octanol–water partition coefficient (Wildman–Crippen LogP) is 3.08. The van der Waals surface area contributed by atoms with Crippen LogP contribution in [0.1, 0.15) is 24.2 Å². The van der Waals surface area contributed by atoms with Gasteiger partial charge in [0.2, 0.25) is 0 Å². The molecule has 1 aromatic rings. The van der Waals surface area contributed by atoms with Crippen molar-refractivity contribution in [3.63, 3.8) is 0 Å². The third-order valence-electron chi connectivity index (χ3n) is 3.16. The van der Waals surface area contributed by atoms with E-state index in [1.807, 2.05) is 0 Å². The van der Waals surface area contributed by atoms with Crippen LogP contribution in [0, 0.1) is 12.3 Å². The molecule has 6 heteroatoms. The van der Waals surface area contributed by atoms with Crippen LogP contribution in [-0.2, 0) is 0 Å². The molecule has 0 spiro atoms. The fourth-order valence-electron chi connectivity index (χ4n) is 1.95. The molecule has 120 valence electrons. The summed E-state index contributed by atoms with van der Waals surface area (Å²) in [5.74, 6) is 2.31. The molecule has 0 bridgehead atoms. The molecule has 1 amide bonds. The summed E-state index contributed by atoms with van der Waals surface area (Å²) in [6, 6.07) is 3.04. The lowest BCUT2D eigenvalue weighted by molar-refractivity contribution is 0.0945. The summed E-state index contributed by atoms with van der Waals surface area (Å²) < 4.78 is 5.37. The first-order chi connectivity index (χ1) is 10.5. The molecule has 1 aromatic carbocycles. The van der Waals surface area contributed by atoms with Crippen molar-refractivity contribution < 1.29 is 9.53 Å². The Morgan fingerprint density at radius 3 is 2.64 bits per heavy atom. The maximum Gasteiger partial charge on any atom is 0.255 e. The summed E-state index contributed by atoms with van der Waals surface area (Å²) >= 11 is 12.0. The van der Waals surface area contributed by atoms with E-state index < -0.39 is 0 Å². The van der Waals surface area contributed by atoms with Crippen molar-refractivity contribution in [3.05, 3.63) is 27.7 Å². The van der Waals surface area contributed by atoms with Gasteiger partial charge in [-0.25, -0.2) is 0 Å². The molecular weight excluding hydrogens is 323 g/mol. The highest BCUT2D eigenvalue weighted by Crippen LogP contribution is 2.32. The maximum atomic E-state index is 12.3. The van der Waals surface area contributed by atoms with Crippen LogP contribution in [0.25, 0.3) is 0 Å². The van der Waals surface area contributed by atoms with Gasteiger partial charge in [0, 0.05) is 18.1 Å². The third-order valence-corrected chi connectivity index (χ3v) is 3.66. The Hall–Kier alpha value is -1.41. The number of terminal acetylenes is 1. The molecule has 4 nitrogen and oxygen atoms in total. The number of rotatable bonds is 8. The Morgan fingerprint density at radius 1 is 1.36 bits per heavy atom. The number of halogens is 2. The Balaban J connectivity index is 2.81. The second-order valence-electron chi connectivity index (χ2n) is 4.54. The fourth-order valence-corrected chi connectivity index (χ4v) is 2.50. The smallest absolute Gasteiger partial charge is 0.255 e. The SMILES string of the molecule is C#CCOc1c(Cl)cc(Cl)cc1C(=O)NCCN(CC)CC. The topological polar surface area (TPSA) is 41.6 Å². The molecule has 0 aliphatic heterocycles. The van der Waals surface area contributed by atoms with E-state index in [1.54, 1.807) is 0 Å². The summed E-state index contributed by atoms with van der Waals surface area (Å²) in [6.45, 7) is 7.35. The van der Waals surface area contributed by atoms with Crippen LogP contribution in [0.5, 0.6) is 5.75 Å². The second kappa shape index (κ2) is 9.58. The number of ether oxygens (including phenoxy) is 1. The molecule has 1 N–H and O–H groups in total. The number of amides is 1. The predicted molar refractivity (Wildman–Crippen MR) is 90.9 cm³/mol. The van der Waals surface area contributed by atoms with E-state index in [1.165, 1.54) is 12.1 Å². The number of likely N-dealkylation sites (N-methyl/N-ethyl adjacent to an activating group) is 1. The average molecular weight is 343 g/mol. The van der Waals surface area contributed by atoms with Gasteiger partial charge >= 0.3 is 0 Å². The van der Waals surface area contributed by atoms with Gasteiger partial charge in [0.1, 0.15) is 6.61 Å². The molecule has 0 saturated carbocycles. The van der Waals surface area contributed by atoms with Gasteiger partial charge < -0.3 is 15.0 Å². The van der Waals surface area contributed by atoms with Gasteiger partial charge in [0.25, 0.3) is 5.91 Å². The van der Waals surface area contributed by atoms with Gasteiger partial charge in [0.15, 0.2) is 5.75 Å². The van der Waals surface area contributed by atoms with Gasteiger partial charge in [-0.15, -0.1) is 6.42 Å². The van der Waals surface area contributed by atoms with Crippen LogP contribution in [0.4, 0.5) is 0 Å². The zero-order valence-corrected chi connectivity index (χ0v) is 14.3. The van der Waals surface area contributed by atoms with Crippen molar-refractivity contribution in [2.24, 2.45) is 0 Å². The van der Waals surface area contributed by atoms with E-state index in [2.05, 4.69) is 30.0 Å². The summed E-state index contributed by atoms with van der Waals surface area (Å²) in [5, 5.41) is 3.47. The van der Waals surface area contributed by atoms with E-state index in [9.17, 15) is 4.79 Å². The minimum atomic E-state index is -0.288. The van der Waals surface area contributed by atoms with Crippen molar-refractivity contribution in [2.45, 2.75) is 13.8 Å². The van der Waals surface area contributed by atoms with E-state index in [-0.39, 0.29) is 28.8 Å². The summed E-state index contributed by atoms with van der Waals surface area (Å²) in [7, 11) is 0. The summed E-state index contributed by atoms with van der Waals surface area (Å²) in [4.78, 5) is 14.5. The molecule has 0 aliphatic rings. The number of hydrogen-bond acceptors (Lipinski definition) is 3. The monoisotopic (exact) mass is 342 g/mol. The molecule has 0 saturated heterocycles. The molecule has 0 aromatic heterocycles. The first kappa shape index (κ1) is 18.6. The summed E-state index contributed by atoms with van der Waals surface area (Å²) in [6.07, 6.45) is 5.18. The molecule has 0 aliphatic carbocycles. The van der Waals surface area contributed by atoms with Crippen molar-refractivity contribution in [3.8, 4) is 18.1 Å². The number of benzene rings is 1. The van der Waals surface area contributed by atoms with Crippen molar-refractivity contribution >= 4 is 29.1 Å². The zero-order chi connectivity index (χ0) is 16.5. The molecule has 0 fully saturated rings. The van der Waals surface area contributed by atoms with Crippen LogP contribution in [0.15, 0.2) is 12.1 Å². The van der Waals surface area contributed by atoms with Gasteiger partial charge in [-0.1, -0.05) is 43.0 Å². The highest BCUT2D eigenvalue weighted by Gasteiger charge is 2.17. The van der Waals surface area contributed by atoms with Crippen molar-refractivity contribution in [1.29, 1.82) is 0 Å². The molecule has 1 rings (SSSR count).